The molecule has 0 saturated heterocycles. The van der Waals surface area contributed by atoms with E-state index in [0.29, 0.717) is 0 Å². The molecule has 9 aromatic rings. The summed E-state index contributed by atoms with van der Waals surface area (Å²) in [6.07, 6.45) is 9.14. The summed E-state index contributed by atoms with van der Waals surface area (Å²) in [7, 11) is 0. The van der Waals surface area contributed by atoms with E-state index < -0.39 is 0 Å². The maximum Gasteiger partial charge on any atom is 0.0629 e. The molecule has 0 spiro atoms. The minimum Gasteiger partial charge on any atom is -0.333 e. The minimum absolute atomic E-state index is 0.224. The van der Waals surface area contributed by atoms with Crippen LogP contribution in [0, 0.1) is 0 Å². The van der Waals surface area contributed by atoms with Gasteiger partial charge in [-0.1, -0.05) is 188 Å². The lowest BCUT2D eigenvalue weighted by atomic mass is 9.86. The Labute approximate surface area is 321 Å². The SMILES string of the molecule is C1=CC2c3cc(-c4ccc(-c5cccc6ccccc56)cc4)ccc3N(c3ccc(-c4c5ccccc5c(-c5ccccc5)c5ccccc45)cc3)C2C=C1. The van der Waals surface area contributed by atoms with Gasteiger partial charge in [0.2, 0.25) is 0 Å². The van der Waals surface area contributed by atoms with Crippen molar-refractivity contribution in [3.8, 4) is 44.5 Å². The Morgan fingerprint density at radius 1 is 0.364 bits per heavy atom. The Hall–Kier alpha value is -6.96. The predicted octanol–water partition coefficient (Wildman–Crippen LogP) is 14.5. The van der Waals surface area contributed by atoms with Crippen LogP contribution in [-0.4, -0.2) is 6.04 Å². The molecule has 2 aliphatic rings. The molecule has 0 N–H and O–H groups in total. The van der Waals surface area contributed by atoms with Crippen LogP contribution in [0.3, 0.4) is 0 Å². The van der Waals surface area contributed by atoms with Gasteiger partial charge in [-0.25, -0.2) is 0 Å². The van der Waals surface area contributed by atoms with Gasteiger partial charge in [-0.3, -0.25) is 0 Å². The highest BCUT2D eigenvalue weighted by Gasteiger charge is 2.37. The first-order chi connectivity index (χ1) is 27.3. The van der Waals surface area contributed by atoms with Crippen molar-refractivity contribution in [3.05, 3.63) is 218 Å². The van der Waals surface area contributed by atoms with Crippen molar-refractivity contribution in [2.45, 2.75) is 12.0 Å². The van der Waals surface area contributed by atoms with Crippen LogP contribution < -0.4 is 4.90 Å². The highest BCUT2D eigenvalue weighted by molar-refractivity contribution is 6.21. The number of fused-ring (bicyclic) bond motifs is 6. The summed E-state index contributed by atoms with van der Waals surface area (Å²) >= 11 is 0. The van der Waals surface area contributed by atoms with E-state index in [0.717, 1.165) is 0 Å². The Balaban J connectivity index is 0.969. The topological polar surface area (TPSA) is 3.24 Å². The first kappa shape index (κ1) is 31.6. The second kappa shape index (κ2) is 12.9. The summed E-state index contributed by atoms with van der Waals surface area (Å²) in [6.45, 7) is 0. The fourth-order valence-electron chi connectivity index (χ4n) is 9.29. The lowest BCUT2D eigenvalue weighted by Crippen LogP contribution is -2.28. The quantitative estimate of drug-likeness (QED) is 0.162. The number of allylic oxidation sites excluding steroid dienone is 2. The lowest BCUT2D eigenvalue weighted by Gasteiger charge is -2.29. The molecule has 1 nitrogen and oxygen atoms in total. The van der Waals surface area contributed by atoms with E-state index in [1.54, 1.807) is 0 Å². The molecule has 11 rings (SSSR count). The van der Waals surface area contributed by atoms with E-state index in [2.05, 4.69) is 217 Å². The van der Waals surface area contributed by atoms with Crippen molar-refractivity contribution >= 4 is 43.7 Å². The molecule has 1 heterocycles. The molecule has 1 aliphatic carbocycles. The largest absolute Gasteiger partial charge is 0.333 e. The van der Waals surface area contributed by atoms with Gasteiger partial charge in [0.25, 0.3) is 0 Å². The molecule has 1 heteroatoms. The number of anilines is 2. The smallest absolute Gasteiger partial charge is 0.0629 e. The maximum absolute atomic E-state index is 2.53. The average Bonchev–Trinajstić information content (AvgIpc) is 3.59. The van der Waals surface area contributed by atoms with Crippen molar-refractivity contribution in [2.75, 3.05) is 4.90 Å². The number of nitrogens with zero attached hydrogens (tertiary/aromatic N) is 1. The number of hydrogen-bond acceptors (Lipinski definition) is 1. The van der Waals surface area contributed by atoms with E-state index in [1.165, 1.54) is 93.8 Å². The molecule has 0 amide bonds. The highest BCUT2D eigenvalue weighted by atomic mass is 15.2. The van der Waals surface area contributed by atoms with Gasteiger partial charge in [0.15, 0.2) is 0 Å². The van der Waals surface area contributed by atoms with Gasteiger partial charge in [-0.2, -0.15) is 0 Å². The number of rotatable bonds is 5. The van der Waals surface area contributed by atoms with Crippen LogP contribution in [0.1, 0.15) is 11.5 Å². The predicted molar refractivity (Wildman–Crippen MR) is 234 cm³/mol. The minimum atomic E-state index is 0.224. The van der Waals surface area contributed by atoms with Crippen LogP contribution >= 0.6 is 0 Å². The first-order valence-electron chi connectivity index (χ1n) is 19.3. The Morgan fingerprint density at radius 2 is 0.891 bits per heavy atom. The van der Waals surface area contributed by atoms with E-state index >= 15 is 0 Å². The summed E-state index contributed by atoms with van der Waals surface area (Å²) in [5.41, 5.74) is 13.9. The van der Waals surface area contributed by atoms with E-state index in [-0.39, 0.29) is 12.0 Å². The third kappa shape index (κ3) is 5.16. The first-order valence-corrected chi connectivity index (χ1v) is 19.3. The molecule has 9 aromatic carbocycles. The average molecular weight is 700 g/mol. The molecule has 0 fully saturated rings. The van der Waals surface area contributed by atoms with Gasteiger partial charge >= 0.3 is 0 Å². The molecule has 2 atom stereocenters. The van der Waals surface area contributed by atoms with Gasteiger partial charge in [-0.15, -0.1) is 0 Å². The van der Waals surface area contributed by atoms with Crippen molar-refractivity contribution in [2.24, 2.45) is 0 Å². The normalized spacial score (nSPS) is 15.8. The second-order valence-electron chi connectivity index (χ2n) is 14.8. The fraction of sp³-hybridized carbons (Fsp3) is 0.0370. The van der Waals surface area contributed by atoms with Crippen LogP contribution in [-0.2, 0) is 0 Å². The van der Waals surface area contributed by atoms with E-state index in [4.69, 9.17) is 0 Å². The molecule has 55 heavy (non-hydrogen) atoms. The zero-order valence-electron chi connectivity index (χ0n) is 30.3. The van der Waals surface area contributed by atoms with Crippen molar-refractivity contribution in [1.29, 1.82) is 0 Å². The molecule has 2 unspecified atom stereocenters. The fourth-order valence-corrected chi connectivity index (χ4v) is 9.29. The molecule has 0 radical (unpaired) electrons. The molecular weight excluding hydrogens is 663 g/mol. The zero-order chi connectivity index (χ0) is 36.3. The molecule has 0 saturated carbocycles. The van der Waals surface area contributed by atoms with Crippen molar-refractivity contribution in [3.63, 3.8) is 0 Å². The van der Waals surface area contributed by atoms with Gasteiger partial charge in [-0.05, 0) is 107 Å². The Kier molecular flexibility index (Phi) is 7.38. The zero-order valence-corrected chi connectivity index (χ0v) is 30.3. The molecular formula is C54H37N. The summed E-state index contributed by atoms with van der Waals surface area (Å²) in [5.74, 6) is 0.285. The van der Waals surface area contributed by atoms with E-state index in [9.17, 15) is 0 Å². The maximum atomic E-state index is 2.53. The van der Waals surface area contributed by atoms with Crippen LogP contribution in [0.5, 0.6) is 0 Å². The molecule has 1 aliphatic heterocycles. The Morgan fingerprint density at radius 3 is 1.58 bits per heavy atom. The summed E-state index contributed by atoms with van der Waals surface area (Å²) in [4.78, 5) is 2.53. The van der Waals surface area contributed by atoms with Gasteiger partial charge in [0.1, 0.15) is 0 Å². The number of benzene rings is 9. The third-order valence-electron chi connectivity index (χ3n) is 11.8. The summed E-state index contributed by atoms with van der Waals surface area (Å²) < 4.78 is 0. The van der Waals surface area contributed by atoms with E-state index in [1.807, 2.05) is 0 Å². The van der Waals surface area contributed by atoms with Crippen molar-refractivity contribution in [1.82, 2.24) is 0 Å². The standard InChI is InChI=1S/C54H37N/c1-2-14-39(15-3-1)53-46-19-6-8-21-48(46)54(49-22-9-7-20-47(49)53)40-29-32-42(33-30-40)55-51-24-11-10-18-45(51)50-35-41(31-34-52(50)55)36-25-27-38(28-26-36)44-23-12-16-37-13-4-5-17-43(37)44/h1-35,45,51H. The second-order valence-corrected chi connectivity index (χ2v) is 14.8. The van der Waals surface area contributed by atoms with Crippen LogP contribution in [0.2, 0.25) is 0 Å². The van der Waals surface area contributed by atoms with Crippen molar-refractivity contribution < 1.29 is 0 Å². The monoisotopic (exact) mass is 699 g/mol. The Bertz CT molecular complexity index is 2910. The highest BCUT2D eigenvalue weighted by Crippen LogP contribution is 2.50. The van der Waals surface area contributed by atoms with Crippen LogP contribution in [0.15, 0.2) is 212 Å². The molecule has 0 bridgehead atoms. The summed E-state index contributed by atoms with van der Waals surface area (Å²) in [6, 6.07) is 69.5. The lowest BCUT2D eigenvalue weighted by molar-refractivity contribution is 0.745. The van der Waals surface area contributed by atoms with Gasteiger partial charge in [0.05, 0.1) is 6.04 Å². The van der Waals surface area contributed by atoms with Crippen LogP contribution in [0.4, 0.5) is 11.4 Å². The number of hydrogen-bond donors (Lipinski definition) is 0. The van der Waals surface area contributed by atoms with Gasteiger partial charge in [0, 0.05) is 17.3 Å². The molecule has 258 valence electrons. The third-order valence-corrected chi connectivity index (χ3v) is 11.8. The molecule has 0 aromatic heterocycles. The summed E-state index contributed by atoms with van der Waals surface area (Å²) in [5, 5.41) is 7.66. The van der Waals surface area contributed by atoms with Crippen LogP contribution in [0.25, 0.3) is 76.8 Å². The van der Waals surface area contributed by atoms with Gasteiger partial charge < -0.3 is 4.90 Å².